The zero-order valence-electron chi connectivity index (χ0n) is 7.83. The SMILES string of the molecule is C=CCc1ccc2c(Br)cccc2c1. The topological polar surface area (TPSA) is 0 Å². The summed E-state index contributed by atoms with van der Waals surface area (Å²) in [5.74, 6) is 0. The van der Waals surface area contributed by atoms with Crippen LogP contribution in [0.25, 0.3) is 10.8 Å². The van der Waals surface area contributed by atoms with Crippen LogP contribution < -0.4 is 0 Å². The summed E-state index contributed by atoms with van der Waals surface area (Å²) in [6, 6.07) is 12.8. The summed E-state index contributed by atoms with van der Waals surface area (Å²) in [5.41, 5.74) is 1.31. The van der Waals surface area contributed by atoms with Crippen molar-refractivity contribution in [1.29, 1.82) is 0 Å². The summed E-state index contributed by atoms with van der Waals surface area (Å²) in [4.78, 5) is 0. The Labute approximate surface area is 92.4 Å². The Hall–Kier alpha value is -1.08. The minimum absolute atomic E-state index is 0.933. The van der Waals surface area contributed by atoms with Crippen molar-refractivity contribution in [2.45, 2.75) is 6.42 Å². The molecule has 1 heteroatoms. The molecule has 0 amide bonds. The van der Waals surface area contributed by atoms with Gasteiger partial charge in [0.15, 0.2) is 0 Å². The zero-order valence-corrected chi connectivity index (χ0v) is 9.42. The molecule has 0 fully saturated rings. The molecule has 2 rings (SSSR count). The van der Waals surface area contributed by atoms with Gasteiger partial charge < -0.3 is 0 Å². The van der Waals surface area contributed by atoms with Gasteiger partial charge in [-0.1, -0.05) is 52.3 Å². The lowest BCUT2D eigenvalue weighted by molar-refractivity contribution is 1.29. The average Bonchev–Trinajstić information content (AvgIpc) is 2.18. The van der Waals surface area contributed by atoms with Crippen molar-refractivity contribution in [3.8, 4) is 0 Å². The maximum absolute atomic E-state index is 3.74. The first-order valence-electron chi connectivity index (χ1n) is 4.59. The van der Waals surface area contributed by atoms with E-state index in [2.05, 4.69) is 58.9 Å². The fraction of sp³-hybridized carbons (Fsp3) is 0.0769. The van der Waals surface area contributed by atoms with Crippen molar-refractivity contribution in [1.82, 2.24) is 0 Å². The molecule has 0 aromatic heterocycles. The smallest absolute Gasteiger partial charge is 0.0253 e. The molecule has 0 saturated carbocycles. The Morgan fingerprint density at radius 1 is 1.21 bits per heavy atom. The van der Waals surface area contributed by atoms with Crippen LogP contribution in [0.1, 0.15) is 5.56 Å². The van der Waals surface area contributed by atoms with E-state index in [9.17, 15) is 0 Å². The second-order valence-electron chi connectivity index (χ2n) is 3.29. The number of fused-ring (bicyclic) bond motifs is 1. The van der Waals surface area contributed by atoms with Crippen LogP contribution in [0.2, 0.25) is 0 Å². The maximum atomic E-state index is 3.74. The van der Waals surface area contributed by atoms with Crippen molar-refractivity contribution >= 4 is 26.7 Å². The minimum atomic E-state index is 0.933. The molecule has 0 atom stereocenters. The van der Waals surface area contributed by atoms with Crippen molar-refractivity contribution in [2.75, 3.05) is 0 Å². The van der Waals surface area contributed by atoms with E-state index < -0.39 is 0 Å². The highest BCUT2D eigenvalue weighted by atomic mass is 79.9. The highest BCUT2D eigenvalue weighted by Crippen LogP contribution is 2.24. The molecular weight excluding hydrogens is 236 g/mol. The van der Waals surface area contributed by atoms with E-state index in [0.717, 1.165) is 10.9 Å². The van der Waals surface area contributed by atoms with Crippen molar-refractivity contribution < 1.29 is 0 Å². The first-order chi connectivity index (χ1) is 6.81. The lowest BCUT2D eigenvalue weighted by Gasteiger charge is -2.02. The van der Waals surface area contributed by atoms with Crippen LogP contribution in [0.4, 0.5) is 0 Å². The van der Waals surface area contributed by atoms with E-state index in [1.165, 1.54) is 16.3 Å². The van der Waals surface area contributed by atoms with E-state index in [4.69, 9.17) is 0 Å². The second-order valence-corrected chi connectivity index (χ2v) is 4.14. The standard InChI is InChI=1S/C13H11Br/c1-2-4-10-7-8-12-11(9-10)5-3-6-13(12)14/h2-3,5-9H,1,4H2. The van der Waals surface area contributed by atoms with E-state index in [0.29, 0.717) is 0 Å². The number of hydrogen-bond acceptors (Lipinski definition) is 0. The molecular formula is C13H11Br. The normalized spacial score (nSPS) is 10.4. The van der Waals surface area contributed by atoms with Crippen LogP contribution in [-0.4, -0.2) is 0 Å². The number of allylic oxidation sites excluding steroid dienone is 1. The number of rotatable bonds is 2. The van der Waals surface area contributed by atoms with E-state index in [1.807, 2.05) is 6.08 Å². The van der Waals surface area contributed by atoms with Gasteiger partial charge in [-0.05, 0) is 28.8 Å². The molecule has 0 nitrogen and oxygen atoms in total. The maximum Gasteiger partial charge on any atom is 0.0253 e. The van der Waals surface area contributed by atoms with Crippen LogP contribution in [0.5, 0.6) is 0 Å². The molecule has 0 unspecified atom stereocenters. The van der Waals surface area contributed by atoms with Crippen LogP contribution in [0.3, 0.4) is 0 Å². The molecule has 2 aromatic carbocycles. The van der Waals surface area contributed by atoms with Crippen molar-refractivity contribution in [2.24, 2.45) is 0 Å². The fourth-order valence-electron chi connectivity index (χ4n) is 1.59. The summed E-state index contributed by atoms with van der Waals surface area (Å²) in [6.07, 6.45) is 2.86. The highest BCUT2D eigenvalue weighted by Gasteiger charge is 1.98. The first kappa shape index (κ1) is 9.47. The van der Waals surface area contributed by atoms with E-state index in [-0.39, 0.29) is 0 Å². The van der Waals surface area contributed by atoms with Gasteiger partial charge in [0.1, 0.15) is 0 Å². The Bertz CT molecular complexity index is 472. The van der Waals surface area contributed by atoms with Gasteiger partial charge in [-0.2, -0.15) is 0 Å². The van der Waals surface area contributed by atoms with Gasteiger partial charge in [-0.25, -0.2) is 0 Å². The minimum Gasteiger partial charge on any atom is -0.103 e. The van der Waals surface area contributed by atoms with Gasteiger partial charge >= 0.3 is 0 Å². The number of hydrogen-bond donors (Lipinski definition) is 0. The number of benzene rings is 2. The lowest BCUT2D eigenvalue weighted by Crippen LogP contribution is -1.81. The third kappa shape index (κ3) is 1.73. The van der Waals surface area contributed by atoms with Gasteiger partial charge in [-0.3, -0.25) is 0 Å². The van der Waals surface area contributed by atoms with E-state index >= 15 is 0 Å². The van der Waals surface area contributed by atoms with E-state index in [1.54, 1.807) is 0 Å². The van der Waals surface area contributed by atoms with Gasteiger partial charge in [0.2, 0.25) is 0 Å². The third-order valence-electron chi connectivity index (χ3n) is 2.27. The molecule has 70 valence electrons. The number of halogens is 1. The van der Waals surface area contributed by atoms with Gasteiger partial charge in [0.05, 0.1) is 0 Å². The Balaban J connectivity index is 2.61. The molecule has 0 aliphatic rings. The zero-order chi connectivity index (χ0) is 9.97. The predicted molar refractivity (Wildman–Crippen MR) is 65.5 cm³/mol. The first-order valence-corrected chi connectivity index (χ1v) is 5.38. The molecule has 0 aliphatic carbocycles. The summed E-state index contributed by atoms with van der Waals surface area (Å²) in [5, 5.41) is 2.54. The fourth-order valence-corrected chi connectivity index (χ4v) is 2.10. The molecule has 0 saturated heterocycles. The van der Waals surface area contributed by atoms with Gasteiger partial charge in [0, 0.05) is 4.47 Å². The Morgan fingerprint density at radius 3 is 2.86 bits per heavy atom. The van der Waals surface area contributed by atoms with Gasteiger partial charge in [0.25, 0.3) is 0 Å². The molecule has 14 heavy (non-hydrogen) atoms. The summed E-state index contributed by atoms with van der Waals surface area (Å²) < 4.78 is 1.15. The second kappa shape index (κ2) is 3.97. The largest absolute Gasteiger partial charge is 0.103 e. The molecule has 0 aliphatic heterocycles. The average molecular weight is 247 g/mol. The van der Waals surface area contributed by atoms with Crippen LogP contribution in [0.15, 0.2) is 53.5 Å². The predicted octanol–water partition coefficient (Wildman–Crippen LogP) is 4.33. The van der Waals surface area contributed by atoms with Crippen LogP contribution >= 0.6 is 15.9 Å². The molecule has 0 radical (unpaired) electrons. The summed E-state index contributed by atoms with van der Waals surface area (Å²) in [7, 11) is 0. The summed E-state index contributed by atoms with van der Waals surface area (Å²) in [6.45, 7) is 3.74. The molecule has 0 spiro atoms. The summed E-state index contributed by atoms with van der Waals surface area (Å²) >= 11 is 3.54. The molecule has 2 aromatic rings. The van der Waals surface area contributed by atoms with Crippen molar-refractivity contribution in [3.63, 3.8) is 0 Å². The molecule has 0 N–H and O–H groups in total. The van der Waals surface area contributed by atoms with Crippen LogP contribution in [-0.2, 0) is 6.42 Å². The Morgan fingerprint density at radius 2 is 2.07 bits per heavy atom. The quantitative estimate of drug-likeness (QED) is 0.693. The monoisotopic (exact) mass is 246 g/mol. The highest BCUT2D eigenvalue weighted by molar-refractivity contribution is 9.10. The molecule has 0 heterocycles. The Kier molecular flexibility index (Phi) is 2.69. The van der Waals surface area contributed by atoms with Crippen LogP contribution in [0, 0.1) is 0 Å². The van der Waals surface area contributed by atoms with Gasteiger partial charge in [-0.15, -0.1) is 6.58 Å². The molecule has 0 bridgehead atoms. The lowest BCUT2D eigenvalue weighted by atomic mass is 10.1. The van der Waals surface area contributed by atoms with Crippen molar-refractivity contribution in [3.05, 3.63) is 59.1 Å². The third-order valence-corrected chi connectivity index (χ3v) is 2.96.